The average molecular weight is 1210 g/mol. The van der Waals surface area contributed by atoms with Crippen LogP contribution >= 0.6 is 22.7 Å². The van der Waals surface area contributed by atoms with E-state index in [4.69, 9.17) is 20.0 Å². The molecule has 0 bridgehead atoms. The summed E-state index contributed by atoms with van der Waals surface area (Å²) in [7, 11) is 0. The highest BCUT2D eigenvalue weighted by atomic mass is 127. The van der Waals surface area contributed by atoms with Gasteiger partial charge in [0.25, 0.3) is 5.77 Å². The lowest BCUT2D eigenvalue weighted by molar-refractivity contribution is -0.585. The molecule has 0 spiro atoms. The van der Waals surface area contributed by atoms with Crippen molar-refractivity contribution in [3.05, 3.63) is 206 Å². The lowest BCUT2D eigenvalue weighted by Crippen LogP contribution is -3.61. The van der Waals surface area contributed by atoms with Crippen molar-refractivity contribution in [1.82, 2.24) is 0 Å². The number of hydrogen-bond donors (Lipinski definition) is 0. The number of rotatable bonds is 10. The molecule has 0 radical (unpaired) electrons. The van der Waals surface area contributed by atoms with Gasteiger partial charge in [0.2, 0.25) is 0 Å². The van der Waals surface area contributed by atoms with Crippen molar-refractivity contribution in [3.63, 3.8) is 0 Å². The summed E-state index contributed by atoms with van der Waals surface area (Å²) in [6, 6.07) is 26.6. The van der Waals surface area contributed by atoms with Crippen molar-refractivity contribution in [1.29, 1.82) is 10.5 Å². The van der Waals surface area contributed by atoms with Crippen molar-refractivity contribution < 1.29 is 118 Å². The maximum atomic E-state index is 15.4. The van der Waals surface area contributed by atoms with Gasteiger partial charge in [-0.3, -0.25) is 0 Å². The summed E-state index contributed by atoms with van der Waals surface area (Å²) in [6.07, 6.45) is -7.22. The Kier molecular flexibility index (Phi) is 15.7. The van der Waals surface area contributed by atoms with E-state index in [1.807, 2.05) is 12.1 Å². The summed E-state index contributed by atoms with van der Waals surface area (Å²) >= 11 is 2.99. The van der Waals surface area contributed by atoms with Crippen LogP contribution in [-0.2, 0) is 0 Å². The molecule has 6 aromatic carbocycles. The van der Waals surface area contributed by atoms with E-state index < -0.39 is 144 Å². The smallest absolute Gasteiger partial charge is 0.381 e. The van der Waals surface area contributed by atoms with Crippen LogP contribution in [0.5, 0.6) is 21.6 Å². The van der Waals surface area contributed by atoms with Gasteiger partial charge in [0, 0.05) is 12.1 Å². The first kappa shape index (κ1) is 54.5. The second-order valence-electron chi connectivity index (χ2n) is 14.5. The molecule has 0 saturated carbocycles. The zero-order valence-electron chi connectivity index (χ0n) is 35.0. The largest absolute Gasteiger partial charge is 0.447 e. The van der Waals surface area contributed by atoms with Crippen molar-refractivity contribution in [2.45, 2.75) is 0 Å². The molecule has 8 aromatic rings. The van der Waals surface area contributed by atoms with Crippen molar-refractivity contribution in [3.8, 4) is 33.8 Å². The van der Waals surface area contributed by atoms with Crippen molar-refractivity contribution >= 4 is 50.7 Å². The maximum absolute atomic E-state index is 15.4. The Balaban J connectivity index is 0.000000237. The highest BCUT2D eigenvalue weighted by Gasteiger charge is 2.52. The fourth-order valence-electron chi connectivity index (χ4n) is 7.20. The second-order valence-corrected chi connectivity index (χ2v) is 20.9. The molecule has 0 aliphatic carbocycles. The number of hydrogen-bond acceptors (Lipinski definition) is 6. The molecular formula is C46H12BF20IN2O2S2. The van der Waals surface area contributed by atoms with Crippen LogP contribution in [0.25, 0.3) is 0 Å². The molecule has 0 aliphatic heterocycles. The molecule has 0 fully saturated rings. The summed E-state index contributed by atoms with van der Waals surface area (Å²) in [5, 5.41) is 19.4. The van der Waals surface area contributed by atoms with Gasteiger partial charge < -0.3 is 9.47 Å². The Morgan fingerprint density at radius 3 is 0.743 bits per heavy atom. The number of halogens is 21. The topological polar surface area (TPSA) is 66.0 Å². The van der Waals surface area contributed by atoms with E-state index in [9.17, 15) is 52.7 Å². The van der Waals surface area contributed by atoms with Gasteiger partial charge in [-0.1, -0.05) is 22.7 Å². The summed E-state index contributed by atoms with van der Waals surface area (Å²) in [4.78, 5) is 0. The zero-order chi connectivity index (χ0) is 54.4. The van der Waals surface area contributed by atoms with Crippen LogP contribution in [0.1, 0.15) is 11.1 Å². The molecule has 2 aromatic heterocycles. The maximum Gasteiger partial charge on any atom is 0.381 e. The molecule has 8 rings (SSSR count). The number of thiophene rings is 2. The summed E-state index contributed by atoms with van der Waals surface area (Å²) in [6.45, 7) is 0. The van der Waals surface area contributed by atoms with E-state index in [2.05, 4.69) is 24.3 Å². The minimum atomic E-state index is -7.22. The van der Waals surface area contributed by atoms with Gasteiger partial charge in [-0.15, -0.1) is 21.9 Å². The van der Waals surface area contributed by atoms with E-state index in [0.29, 0.717) is 11.1 Å². The first-order valence-electron chi connectivity index (χ1n) is 19.4. The Hall–Kier alpha value is -7.31. The molecule has 0 amide bonds. The monoisotopic (exact) mass is 1210 g/mol. The number of benzene rings is 6. The van der Waals surface area contributed by atoms with E-state index in [1.54, 1.807) is 71.2 Å². The third-order valence-electron chi connectivity index (χ3n) is 10.4. The van der Waals surface area contributed by atoms with Gasteiger partial charge in [0.05, 0.1) is 23.3 Å². The zero-order valence-corrected chi connectivity index (χ0v) is 38.8. The van der Waals surface area contributed by atoms with Gasteiger partial charge >= 0.3 is 21.2 Å². The third-order valence-corrected chi connectivity index (χ3v) is 16.0. The van der Waals surface area contributed by atoms with Gasteiger partial charge in [-0.2, -0.15) is 10.5 Å². The average Bonchev–Trinajstić information content (AvgIpc) is 4.05. The predicted octanol–water partition coefficient (Wildman–Crippen LogP) is 9.11. The van der Waals surface area contributed by atoms with E-state index in [-0.39, 0.29) is 21.2 Å². The lowest BCUT2D eigenvalue weighted by atomic mass is 9.12. The SMILES string of the molecule is Fc1c(F)c(F)c([B-](c2c(F)c(F)c(F)c(F)c2F)(c2c(F)c(F)c(F)c(F)c2F)c2c(F)c(F)c(F)c(F)c2F)c(F)c1F.N#Cc1ccc(Oc2ccc([I+]c3ccc(Oc4ccc(C#N)cc4)s3)s2)cc1. The van der Waals surface area contributed by atoms with Crippen LogP contribution in [-0.4, -0.2) is 6.15 Å². The van der Waals surface area contributed by atoms with Crippen molar-refractivity contribution in [2.75, 3.05) is 0 Å². The fraction of sp³-hybridized carbons (Fsp3) is 0. The Morgan fingerprint density at radius 2 is 0.527 bits per heavy atom. The first-order valence-corrected chi connectivity index (χ1v) is 23.1. The Labute approximate surface area is 417 Å². The van der Waals surface area contributed by atoms with Crippen LogP contribution in [0.3, 0.4) is 0 Å². The molecule has 2 heterocycles. The van der Waals surface area contributed by atoms with Gasteiger partial charge in [0.1, 0.15) is 64.2 Å². The fourth-order valence-corrected chi connectivity index (χ4v) is 13.1. The normalized spacial score (nSPS) is 11.3. The van der Waals surface area contributed by atoms with E-state index in [1.165, 1.54) is 5.77 Å². The van der Waals surface area contributed by atoms with Gasteiger partial charge in [-0.25, -0.2) is 87.8 Å². The quantitative estimate of drug-likeness (QED) is 0.0451. The first-order chi connectivity index (χ1) is 34.9. The molecule has 74 heavy (non-hydrogen) atoms. The van der Waals surface area contributed by atoms with Crippen molar-refractivity contribution in [2.24, 2.45) is 0 Å². The third kappa shape index (κ3) is 9.45. The van der Waals surface area contributed by atoms with Crippen LogP contribution in [0.4, 0.5) is 87.8 Å². The standard InChI is InChI=1S/C24BF20.C22H12IN2O2S2/c26-5-1(6(27)14(35)21(42)13(5)34)25(2-7(28)15(36)22(43)16(37)8(2)29,3-9(30)17(38)23(44)18(39)10(3)31)4-11(32)19(40)24(45)20(41)12(4)33;24-13-15-1-5-17(6-2-15)26-21-11-9-19(28-21)23-20-10-12-22(29-20)27-18-7-3-16(14-25)4-8-18/h;1-12H/q-1;+1. The van der Waals surface area contributed by atoms with E-state index >= 15 is 35.1 Å². The Bertz CT molecular complexity index is 3160. The summed E-state index contributed by atoms with van der Waals surface area (Å²) in [5.41, 5.74) is -13.1. The molecule has 0 aliphatic rings. The molecular weight excluding hydrogens is 1190 g/mol. The highest BCUT2D eigenvalue weighted by molar-refractivity contribution is 7.20. The van der Waals surface area contributed by atoms with Crippen LogP contribution < -0.4 is 52.5 Å². The minimum absolute atomic E-state index is 0.307. The lowest BCUT2D eigenvalue weighted by Gasteiger charge is -2.44. The molecule has 0 atom stereocenters. The second kappa shape index (κ2) is 21.3. The van der Waals surface area contributed by atoms with Gasteiger partial charge in [0.15, 0.2) is 79.9 Å². The van der Waals surface area contributed by atoms with Crippen LogP contribution in [0.15, 0.2) is 72.8 Å². The summed E-state index contributed by atoms with van der Waals surface area (Å²) in [5.74, 6) is -70.0. The molecule has 380 valence electrons. The minimum Gasteiger partial charge on any atom is -0.447 e. The molecule has 28 heteroatoms. The predicted molar refractivity (Wildman–Crippen MR) is 218 cm³/mol. The number of nitrogens with zero attached hydrogens (tertiary/aromatic N) is 2. The van der Waals surface area contributed by atoms with Crippen LogP contribution in [0, 0.1) is 145 Å². The number of ether oxygens (including phenoxy) is 2. The molecule has 4 nitrogen and oxygen atoms in total. The molecule has 0 saturated heterocycles. The highest BCUT2D eigenvalue weighted by Crippen LogP contribution is 2.32. The Morgan fingerprint density at radius 1 is 0.311 bits per heavy atom. The molecule has 0 unspecified atom stereocenters. The van der Waals surface area contributed by atoms with Gasteiger partial charge in [-0.05, 0) is 60.7 Å². The summed E-state index contributed by atoms with van der Waals surface area (Å²) < 4.78 is 308. The van der Waals surface area contributed by atoms with Crippen LogP contribution in [0.2, 0.25) is 0 Å². The number of nitriles is 2. The van der Waals surface area contributed by atoms with E-state index in [0.717, 1.165) is 21.6 Å². The molecule has 0 N–H and O–H groups in total.